The van der Waals surface area contributed by atoms with Crippen molar-refractivity contribution in [3.8, 4) is 11.5 Å². The summed E-state index contributed by atoms with van der Waals surface area (Å²) in [6.07, 6.45) is 0. The molecular weight excluding hydrogens is 336 g/mol. The van der Waals surface area contributed by atoms with Gasteiger partial charge in [-0.25, -0.2) is 4.99 Å². The summed E-state index contributed by atoms with van der Waals surface area (Å²) < 4.78 is 10.7. The largest absolute Gasteiger partial charge is 0.496 e. The summed E-state index contributed by atoms with van der Waals surface area (Å²) in [4.78, 5) is 15.9. The van der Waals surface area contributed by atoms with Crippen LogP contribution in [0.15, 0.2) is 47.5 Å². The van der Waals surface area contributed by atoms with E-state index < -0.39 is 0 Å². The van der Waals surface area contributed by atoms with Gasteiger partial charge >= 0.3 is 0 Å². The number of carbonyl (C=O) groups is 1. The highest BCUT2D eigenvalue weighted by Crippen LogP contribution is 2.26. The van der Waals surface area contributed by atoms with Gasteiger partial charge < -0.3 is 15.2 Å². The maximum Gasteiger partial charge on any atom is 0.159 e. The summed E-state index contributed by atoms with van der Waals surface area (Å²) >= 11 is 1.39. The van der Waals surface area contributed by atoms with Gasteiger partial charge in [0.2, 0.25) is 0 Å². The molecule has 2 rings (SSSR count). The molecule has 0 bridgehead atoms. The van der Waals surface area contributed by atoms with Gasteiger partial charge in [0.25, 0.3) is 0 Å². The topological polar surface area (TPSA) is 73.9 Å². The number of amidine groups is 1. The first-order chi connectivity index (χ1) is 12.0. The summed E-state index contributed by atoms with van der Waals surface area (Å²) in [7, 11) is 1.61. The van der Waals surface area contributed by atoms with E-state index >= 15 is 0 Å². The molecule has 0 aliphatic heterocycles. The van der Waals surface area contributed by atoms with Crippen molar-refractivity contribution in [1.29, 1.82) is 0 Å². The number of ether oxygens (including phenoxy) is 2. The number of nitrogens with two attached hydrogens (primary N) is 1. The van der Waals surface area contributed by atoms with Crippen molar-refractivity contribution in [1.82, 2.24) is 0 Å². The summed E-state index contributed by atoms with van der Waals surface area (Å²) in [6.45, 7) is 4.11. The number of carbonyl (C=O) groups excluding carboxylic acids is 1. The van der Waals surface area contributed by atoms with E-state index in [-0.39, 0.29) is 5.78 Å². The van der Waals surface area contributed by atoms with Crippen molar-refractivity contribution >= 4 is 28.4 Å². The number of ketones is 1. The Labute approximate surface area is 152 Å². The van der Waals surface area contributed by atoms with Gasteiger partial charge in [0, 0.05) is 16.9 Å². The zero-order valence-corrected chi connectivity index (χ0v) is 15.4. The van der Waals surface area contributed by atoms with E-state index in [1.807, 2.05) is 37.3 Å². The quantitative estimate of drug-likeness (QED) is 0.457. The number of rotatable bonds is 7. The second kappa shape index (κ2) is 9.13. The molecule has 0 aromatic heterocycles. The summed E-state index contributed by atoms with van der Waals surface area (Å²) in [5, 5.41) is 0.444. The maximum absolute atomic E-state index is 11.5. The lowest BCUT2D eigenvalue weighted by Crippen LogP contribution is -2.07. The smallest absolute Gasteiger partial charge is 0.159 e. The van der Waals surface area contributed by atoms with Crippen LogP contribution in [0.3, 0.4) is 0 Å². The molecule has 0 heterocycles. The molecule has 0 fully saturated rings. The number of nitrogens with zero attached hydrogens (tertiary/aromatic N) is 1. The lowest BCUT2D eigenvalue weighted by atomic mass is 10.1. The molecule has 2 N–H and O–H groups in total. The number of Topliss-reactive ketones (excluding diaryl/α,β-unsaturated/α-hetero) is 1. The lowest BCUT2D eigenvalue weighted by molar-refractivity contribution is 0.101. The lowest BCUT2D eigenvalue weighted by Gasteiger charge is -2.09. The van der Waals surface area contributed by atoms with Crippen molar-refractivity contribution in [2.75, 3.05) is 13.7 Å². The fraction of sp³-hybridized carbons (Fsp3) is 0.263. The van der Waals surface area contributed by atoms with E-state index in [9.17, 15) is 4.79 Å². The fourth-order valence-corrected chi connectivity index (χ4v) is 2.90. The molecule has 0 unspecified atom stereocenters. The number of methoxy groups -OCH3 is 1. The van der Waals surface area contributed by atoms with E-state index in [0.29, 0.717) is 23.1 Å². The number of hydrogen-bond acceptors (Lipinski definition) is 5. The van der Waals surface area contributed by atoms with Crippen LogP contribution in [0.1, 0.15) is 29.8 Å². The first-order valence-electron chi connectivity index (χ1n) is 7.91. The molecule has 0 radical (unpaired) electrons. The highest BCUT2D eigenvalue weighted by atomic mass is 32.2. The van der Waals surface area contributed by atoms with E-state index in [1.54, 1.807) is 26.2 Å². The molecule has 0 amide bonds. The van der Waals surface area contributed by atoms with Crippen LogP contribution in [0.4, 0.5) is 5.69 Å². The standard InChI is InChI=1S/C19H22N2O3S/c1-4-24-17-8-6-16(7-9-17)21-19(20)25-12-15-11-14(13(2)22)5-10-18(15)23-3/h5-11H,4,12H2,1-3H3,(H2,20,21). The molecule has 6 heteroatoms. The van der Waals surface area contributed by atoms with Crippen molar-refractivity contribution in [2.45, 2.75) is 19.6 Å². The van der Waals surface area contributed by atoms with Crippen LogP contribution in [0, 0.1) is 0 Å². The molecule has 2 aromatic carbocycles. The molecule has 0 spiro atoms. The third-order valence-electron chi connectivity index (χ3n) is 3.45. The highest BCUT2D eigenvalue weighted by Gasteiger charge is 2.08. The Morgan fingerprint density at radius 2 is 1.92 bits per heavy atom. The van der Waals surface area contributed by atoms with Gasteiger partial charge in [-0.1, -0.05) is 11.8 Å². The number of hydrogen-bond donors (Lipinski definition) is 1. The zero-order valence-electron chi connectivity index (χ0n) is 14.6. The van der Waals surface area contributed by atoms with Crippen LogP contribution < -0.4 is 15.2 Å². The van der Waals surface area contributed by atoms with Crippen LogP contribution in [-0.2, 0) is 5.75 Å². The Hall–Kier alpha value is -2.47. The van der Waals surface area contributed by atoms with E-state index in [2.05, 4.69) is 4.99 Å². The number of aliphatic imine (C=N–C) groups is 1. The van der Waals surface area contributed by atoms with Crippen molar-refractivity contribution in [3.05, 3.63) is 53.6 Å². The minimum Gasteiger partial charge on any atom is -0.496 e. The van der Waals surface area contributed by atoms with Crippen LogP contribution >= 0.6 is 11.8 Å². The predicted octanol–water partition coefficient (Wildman–Crippen LogP) is 4.18. The number of benzene rings is 2. The zero-order chi connectivity index (χ0) is 18.2. The first-order valence-corrected chi connectivity index (χ1v) is 8.89. The molecular formula is C19H22N2O3S. The second-order valence-corrected chi connectivity index (χ2v) is 6.24. The third kappa shape index (κ3) is 5.53. The molecule has 0 atom stereocenters. The Balaban J connectivity index is 2.06. The SMILES string of the molecule is CCOc1ccc(N=C(N)SCc2cc(C(C)=O)ccc2OC)cc1. The normalized spacial score (nSPS) is 11.2. The molecule has 5 nitrogen and oxygen atoms in total. The Kier molecular flexibility index (Phi) is 6.89. The van der Waals surface area contributed by atoms with Gasteiger partial charge in [-0.3, -0.25) is 4.79 Å². The van der Waals surface area contributed by atoms with Crippen LogP contribution in [-0.4, -0.2) is 24.7 Å². The molecule has 2 aromatic rings. The summed E-state index contributed by atoms with van der Waals surface area (Å²) in [5.74, 6) is 2.12. The molecule has 25 heavy (non-hydrogen) atoms. The van der Waals surface area contributed by atoms with E-state index in [1.165, 1.54) is 11.8 Å². The Morgan fingerprint density at radius 1 is 1.20 bits per heavy atom. The summed E-state index contributed by atoms with van der Waals surface area (Å²) in [6, 6.07) is 12.8. The predicted molar refractivity (Wildman–Crippen MR) is 103 cm³/mol. The first kappa shape index (κ1) is 18.9. The summed E-state index contributed by atoms with van der Waals surface area (Å²) in [5.41, 5.74) is 8.33. The van der Waals surface area contributed by atoms with Gasteiger partial charge in [0.15, 0.2) is 11.0 Å². The highest BCUT2D eigenvalue weighted by molar-refractivity contribution is 8.13. The molecule has 0 saturated carbocycles. The van der Waals surface area contributed by atoms with Gasteiger partial charge in [0.1, 0.15) is 11.5 Å². The van der Waals surface area contributed by atoms with Crippen molar-refractivity contribution in [2.24, 2.45) is 10.7 Å². The molecule has 0 aliphatic carbocycles. The Morgan fingerprint density at radius 3 is 2.52 bits per heavy atom. The minimum atomic E-state index is 0.0185. The monoisotopic (exact) mass is 358 g/mol. The maximum atomic E-state index is 11.5. The fourth-order valence-electron chi connectivity index (χ4n) is 2.21. The van der Waals surface area contributed by atoms with Crippen molar-refractivity contribution < 1.29 is 14.3 Å². The second-order valence-electron chi connectivity index (χ2n) is 5.25. The van der Waals surface area contributed by atoms with Gasteiger partial charge in [-0.05, 0) is 56.3 Å². The molecule has 132 valence electrons. The van der Waals surface area contributed by atoms with Crippen molar-refractivity contribution in [3.63, 3.8) is 0 Å². The van der Waals surface area contributed by atoms with Crippen LogP contribution in [0.25, 0.3) is 0 Å². The van der Waals surface area contributed by atoms with Gasteiger partial charge in [-0.15, -0.1) is 0 Å². The van der Waals surface area contributed by atoms with Crippen LogP contribution in [0.5, 0.6) is 11.5 Å². The van der Waals surface area contributed by atoms with E-state index in [0.717, 1.165) is 22.7 Å². The number of thioether (sulfide) groups is 1. The third-order valence-corrected chi connectivity index (χ3v) is 4.29. The average molecular weight is 358 g/mol. The average Bonchev–Trinajstić information content (AvgIpc) is 2.61. The van der Waals surface area contributed by atoms with E-state index in [4.69, 9.17) is 15.2 Å². The Bertz CT molecular complexity index is 758. The van der Waals surface area contributed by atoms with Gasteiger partial charge in [-0.2, -0.15) is 0 Å². The molecule has 0 saturated heterocycles. The van der Waals surface area contributed by atoms with Gasteiger partial charge in [0.05, 0.1) is 19.4 Å². The minimum absolute atomic E-state index is 0.0185. The van der Waals surface area contributed by atoms with Crippen LogP contribution in [0.2, 0.25) is 0 Å². The molecule has 0 aliphatic rings.